The number of aryl methyl sites for hydroxylation is 2. The lowest BCUT2D eigenvalue weighted by Crippen LogP contribution is -2.50. The molecule has 1 atom stereocenters. The first-order chi connectivity index (χ1) is 9.55. The minimum absolute atomic E-state index is 0.209. The maximum absolute atomic E-state index is 12.1. The first-order valence-corrected chi connectivity index (χ1v) is 10.1. The summed E-state index contributed by atoms with van der Waals surface area (Å²) in [4.78, 5) is 6.20. The highest BCUT2D eigenvalue weighted by Crippen LogP contribution is 2.38. The fourth-order valence-corrected chi connectivity index (χ4v) is 6.69. The zero-order chi connectivity index (χ0) is 14.2. The van der Waals surface area contributed by atoms with Crippen molar-refractivity contribution in [2.24, 2.45) is 0 Å². The Bertz CT molecular complexity index is 567. The van der Waals surface area contributed by atoms with Gasteiger partial charge in [0.15, 0.2) is 9.84 Å². The van der Waals surface area contributed by atoms with Crippen LogP contribution in [0.1, 0.15) is 48.2 Å². The quantitative estimate of drug-likeness (QED) is 0.927. The Labute approximate surface area is 124 Å². The van der Waals surface area contributed by atoms with E-state index >= 15 is 0 Å². The molecule has 3 rings (SSSR count). The van der Waals surface area contributed by atoms with E-state index in [1.165, 1.54) is 23.4 Å². The topological polar surface area (TPSA) is 59.1 Å². The summed E-state index contributed by atoms with van der Waals surface area (Å²) in [6.45, 7) is 2.82. The number of sulfone groups is 1. The molecule has 1 aliphatic heterocycles. The Morgan fingerprint density at radius 3 is 2.80 bits per heavy atom. The van der Waals surface area contributed by atoms with Gasteiger partial charge in [0.2, 0.25) is 0 Å². The van der Waals surface area contributed by atoms with Crippen LogP contribution in [-0.2, 0) is 28.2 Å². The van der Waals surface area contributed by atoms with Crippen LogP contribution in [0.15, 0.2) is 0 Å². The van der Waals surface area contributed by atoms with Crippen LogP contribution in [0.5, 0.6) is 0 Å². The van der Waals surface area contributed by atoms with E-state index in [4.69, 9.17) is 4.98 Å². The highest BCUT2D eigenvalue weighted by Gasteiger charge is 2.42. The SMILES string of the molecule is CCNC1(c2nc3c(s2)CCCC3)CCCS(=O)(=O)C1. The van der Waals surface area contributed by atoms with Crippen molar-refractivity contribution >= 4 is 21.2 Å². The normalized spacial score (nSPS) is 29.1. The van der Waals surface area contributed by atoms with E-state index in [1.807, 2.05) is 6.92 Å². The van der Waals surface area contributed by atoms with Crippen molar-refractivity contribution in [2.75, 3.05) is 18.1 Å². The van der Waals surface area contributed by atoms with Crippen molar-refractivity contribution in [2.45, 2.75) is 51.0 Å². The zero-order valence-corrected chi connectivity index (χ0v) is 13.6. The van der Waals surface area contributed by atoms with E-state index in [0.717, 1.165) is 37.2 Å². The van der Waals surface area contributed by atoms with E-state index < -0.39 is 15.4 Å². The molecule has 1 N–H and O–H groups in total. The molecule has 1 saturated heterocycles. The van der Waals surface area contributed by atoms with Gasteiger partial charge in [-0.3, -0.25) is 0 Å². The predicted molar refractivity (Wildman–Crippen MR) is 82.0 cm³/mol. The van der Waals surface area contributed by atoms with Crippen LogP contribution in [0.4, 0.5) is 0 Å². The largest absolute Gasteiger partial charge is 0.305 e. The Morgan fingerprint density at radius 1 is 1.30 bits per heavy atom. The van der Waals surface area contributed by atoms with Crippen molar-refractivity contribution in [1.29, 1.82) is 0 Å². The molecular formula is C14H22N2O2S2. The monoisotopic (exact) mass is 314 g/mol. The van der Waals surface area contributed by atoms with Crippen molar-refractivity contribution in [1.82, 2.24) is 10.3 Å². The highest BCUT2D eigenvalue weighted by atomic mass is 32.2. The van der Waals surface area contributed by atoms with Gasteiger partial charge >= 0.3 is 0 Å². The van der Waals surface area contributed by atoms with Gasteiger partial charge in [0.05, 0.1) is 22.7 Å². The van der Waals surface area contributed by atoms with Crippen LogP contribution < -0.4 is 5.32 Å². The van der Waals surface area contributed by atoms with Crippen LogP contribution in [0.3, 0.4) is 0 Å². The second-order valence-corrected chi connectivity index (χ2v) is 9.17. The fourth-order valence-electron chi connectivity index (χ4n) is 3.39. The molecule has 112 valence electrons. The molecule has 1 aromatic rings. The summed E-state index contributed by atoms with van der Waals surface area (Å²) in [6.07, 6.45) is 6.23. The van der Waals surface area contributed by atoms with Crippen LogP contribution in [0.2, 0.25) is 0 Å². The third-order valence-electron chi connectivity index (χ3n) is 4.30. The third kappa shape index (κ3) is 2.65. The summed E-state index contributed by atoms with van der Waals surface area (Å²) in [5.41, 5.74) is 0.782. The highest BCUT2D eigenvalue weighted by molar-refractivity contribution is 7.91. The van der Waals surface area contributed by atoms with Gasteiger partial charge in [0, 0.05) is 4.88 Å². The summed E-state index contributed by atoms with van der Waals surface area (Å²) in [5, 5.41) is 4.46. The van der Waals surface area contributed by atoms with Crippen molar-refractivity contribution in [3.63, 3.8) is 0 Å². The molecule has 0 amide bonds. The molecule has 2 aliphatic rings. The number of thiazole rings is 1. The Balaban J connectivity index is 1.99. The molecule has 1 aromatic heterocycles. The number of nitrogens with zero attached hydrogens (tertiary/aromatic N) is 1. The molecule has 0 saturated carbocycles. The second kappa shape index (κ2) is 5.39. The summed E-state index contributed by atoms with van der Waals surface area (Å²) in [5.74, 6) is 0.533. The van der Waals surface area contributed by atoms with Gasteiger partial charge in [0.1, 0.15) is 5.01 Å². The first kappa shape index (κ1) is 14.5. The lowest BCUT2D eigenvalue weighted by molar-refractivity contribution is 0.333. The minimum Gasteiger partial charge on any atom is -0.305 e. The van der Waals surface area contributed by atoms with Gasteiger partial charge in [-0.2, -0.15) is 0 Å². The van der Waals surface area contributed by atoms with Crippen LogP contribution >= 0.6 is 11.3 Å². The Hall–Kier alpha value is -0.460. The smallest absolute Gasteiger partial charge is 0.152 e. The lowest BCUT2D eigenvalue weighted by atomic mass is 9.95. The zero-order valence-electron chi connectivity index (χ0n) is 11.9. The molecule has 0 radical (unpaired) electrons. The van der Waals surface area contributed by atoms with Gasteiger partial charge in [-0.05, 0) is 45.1 Å². The molecule has 1 aliphatic carbocycles. The van der Waals surface area contributed by atoms with Crippen LogP contribution in [0, 0.1) is 0 Å². The molecule has 20 heavy (non-hydrogen) atoms. The number of nitrogens with one attached hydrogen (secondary N) is 1. The number of hydrogen-bond donors (Lipinski definition) is 1. The molecule has 4 nitrogen and oxygen atoms in total. The van der Waals surface area contributed by atoms with E-state index in [1.54, 1.807) is 11.3 Å². The van der Waals surface area contributed by atoms with Crippen LogP contribution in [0.25, 0.3) is 0 Å². The maximum atomic E-state index is 12.1. The molecule has 0 aromatic carbocycles. The van der Waals surface area contributed by atoms with Gasteiger partial charge in [-0.25, -0.2) is 13.4 Å². The van der Waals surface area contributed by atoms with Crippen LogP contribution in [-0.4, -0.2) is 31.5 Å². The maximum Gasteiger partial charge on any atom is 0.152 e. The van der Waals surface area contributed by atoms with E-state index in [2.05, 4.69) is 5.32 Å². The van der Waals surface area contributed by atoms with E-state index in [0.29, 0.717) is 5.75 Å². The number of aromatic nitrogens is 1. The third-order valence-corrected chi connectivity index (χ3v) is 7.50. The van der Waals surface area contributed by atoms with Crippen molar-refractivity contribution in [3.05, 3.63) is 15.6 Å². The minimum atomic E-state index is -2.96. The van der Waals surface area contributed by atoms with Crippen molar-refractivity contribution in [3.8, 4) is 0 Å². The molecule has 0 spiro atoms. The van der Waals surface area contributed by atoms with Crippen molar-refractivity contribution < 1.29 is 8.42 Å². The second-order valence-electron chi connectivity index (χ2n) is 5.90. The number of rotatable bonds is 3. The summed E-state index contributed by atoms with van der Waals surface area (Å²) in [6, 6.07) is 0. The molecule has 6 heteroatoms. The first-order valence-electron chi connectivity index (χ1n) is 7.49. The lowest BCUT2D eigenvalue weighted by Gasteiger charge is -2.35. The van der Waals surface area contributed by atoms with Gasteiger partial charge in [-0.15, -0.1) is 11.3 Å². The Kier molecular flexibility index (Phi) is 3.90. The fraction of sp³-hybridized carbons (Fsp3) is 0.786. The molecular weight excluding hydrogens is 292 g/mol. The molecule has 1 unspecified atom stereocenters. The Morgan fingerprint density at radius 2 is 2.10 bits per heavy atom. The van der Waals surface area contributed by atoms with Gasteiger partial charge < -0.3 is 5.32 Å². The molecule has 2 heterocycles. The van der Waals surface area contributed by atoms with Gasteiger partial charge in [0.25, 0.3) is 0 Å². The molecule has 0 bridgehead atoms. The summed E-state index contributed by atoms with van der Waals surface area (Å²) in [7, 11) is -2.96. The van der Waals surface area contributed by atoms with E-state index in [9.17, 15) is 8.42 Å². The van der Waals surface area contributed by atoms with E-state index in [-0.39, 0.29) is 5.75 Å². The van der Waals surface area contributed by atoms with Gasteiger partial charge in [-0.1, -0.05) is 6.92 Å². The standard InChI is InChI=1S/C14H22N2O2S2/c1-2-15-14(8-5-9-20(17,18)10-14)13-16-11-6-3-4-7-12(11)19-13/h15H,2-10H2,1H3. The summed E-state index contributed by atoms with van der Waals surface area (Å²) >= 11 is 1.74. The average molecular weight is 314 g/mol. The summed E-state index contributed by atoms with van der Waals surface area (Å²) < 4.78 is 24.2. The average Bonchev–Trinajstić information content (AvgIpc) is 2.82. The number of hydrogen-bond acceptors (Lipinski definition) is 5. The number of fused-ring (bicyclic) bond motifs is 1. The predicted octanol–water partition coefficient (Wildman–Crippen LogP) is 2.04. The molecule has 1 fully saturated rings.